The summed E-state index contributed by atoms with van der Waals surface area (Å²) in [6, 6.07) is 6.08. The third kappa shape index (κ3) is 3.00. The minimum absolute atomic E-state index is 0.0493. The molecule has 0 unspecified atom stereocenters. The highest BCUT2D eigenvalue weighted by Crippen LogP contribution is 2.27. The summed E-state index contributed by atoms with van der Waals surface area (Å²) in [4.78, 5) is -0.329. The number of benzene rings is 2. The van der Waals surface area contributed by atoms with E-state index in [0.717, 1.165) is 30.3 Å². The highest BCUT2D eigenvalue weighted by molar-refractivity contribution is 7.92. The van der Waals surface area contributed by atoms with Crippen LogP contribution in [0.4, 0.5) is 20.2 Å². The molecule has 0 atom stereocenters. The third-order valence-electron chi connectivity index (χ3n) is 2.44. The lowest BCUT2D eigenvalue weighted by molar-refractivity contribution is 0.599. The van der Waals surface area contributed by atoms with E-state index in [2.05, 4.69) is 4.72 Å². The molecule has 0 saturated heterocycles. The standard InChI is InChI=1S/C12H9ClF2N2O2S/c13-9-5-7(14)2-4-12(9)20(18,19)17-11-6-8(15)1-3-10(11)16/h1-6,17H,16H2. The summed E-state index contributed by atoms with van der Waals surface area (Å²) in [5.74, 6) is -1.32. The Hall–Kier alpha value is -1.86. The zero-order valence-electron chi connectivity index (χ0n) is 9.90. The number of nitrogens with one attached hydrogen (secondary N) is 1. The van der Waals surface area contributed by atoms with E-state index in [1.54, 1.807) is 0 Å². The first-order chi connectivity index (χ1) is 9.29. The Kier molecular flexibility index (Phi) is 3.82. The van der Waals surface area contributed by atoms with E-state index < -0.39 is 21.7 Å². The fourth-order valence-corrected chi connectivity index (χ4v) is 3.12. The van der Waals surface area contributed by atoms with E-state index in [1.807, 2.05) is 0 Å². The summed E-state index contributed by atoms with van der Waals surface area (Å²) in [7, 11) is -4.10. The molecule has 106 valence electrons. The molecule has 0 aliphatic carbocycles. The molecule has 0 saturated carbocycles. The van der Waals surface area contributed by atoms with Gasteiger partial charge in [0, 0.05) is 6.07 Å². The second kappa shape index (κ2) is 5.26. The first-order valence-corrected chi connectivity index (χ1v) is 7.18. The summed E-state index contributed by atoms with van der Waals surface area (Å²) in [5.41, 5.74) is 5.48. The second-order valence-electron chi connectivity index (χ2n) is 3.91. The van der Waals surface area contributed by atoms with E-state index in [1.165, 1.54) is 6.07 Å². The van der Waals surface area contributed by atoms with Gasteiger partial charge in [0.25, 0.3) is 10.0 Å². The van der Waals surface area contributed by atoms with Crippen molar-refractivity contribution in [3.05, 3.63) is 53.1 Å². The van der Waals surface area contributed by atoms with Crippen molar-refractivity contribution in [3.63, 3.8) is 0 Å². The van der Waals surface area contributed by atoms with Gasteiger partial charge in [-0.15, -0.1) is 0 Å². The average molecular weight is 319 g/mol. The average Bonchev–Trinajstić information content (AvgIpc) is 2.33. The molecule has 2 aromatic carbocycles. The largest absolute Gasteiger partial charge is 0.397 e. The molecule has 0 aromatic heterocycles. The number of anilines is 2. The summed E-state index contributed by atoms with van der Waals surface area (Å²) < 4.78 is 52.3. The Morgan fingerprint density at radius 1 is 1.05 bits per heavy atom. The van der Waals surface area contributed by atoms with Crippen molar-refractivity contribution in [2.24, 2.45) is 0 Å². The smallest absolute Gasteiger partial charge is 0.263 e. The molecule has 2 rings (SSSR count). The first kappa shape index (κ1) is 14.5. The maximum Gasteiger partial charge on any atom is 0.263 e. The van der Waals surface area contributed by atoms with Gasteiger partial charge in [-0.05, 0) is 30.3 Å². The third-order valence-corrected chi connectivity index (χ3v) is 4.29. The van der Waals surface area contributed by atoms with Crippen molar-refractivity contribution < 1.29 is 17.2 Å². The number of hydrogen-bond donors (Lipinski definition) is 2. The van der Waals surface area contributed by atoms with Crippen LogP contribution in [0.5, 0.6) is 0 Å². The van der Waals surface area contributed by atoms with E-state index in [4.69, 9.17) is 17.3 Å². The van der Waals surface area contributed by atoms with Crippen LogP contribution in [-0.2, 0) is 10.0 Å². The first-order valence-electron chi connectivity index (χ1n) is 5.32. The molecule has 0 spiro atoms. The van der Waals surface area contributed by atoms with Crippen LogP contribution in [0.1, 0.15) is 0 Å². The van der Waals surface area contributed by atoms with Crippen LogP contribution in [0, 0.1) is 11.6 Å². The maximum absolute atomic E-state index is 13.1. The Morgan fingerprint density at radius 2 is 1.65 bits per heavy atom. The number of nitrogen functional groups attached to an aromatic ring is 1. The van der Waals surface area contributed by atoms with E-state index in [0.29, 0.717) is 0 Å². The number of sulfonamides is 1. The minimum atomic E-state index is -4.10. The van der Waals surface area contributed by atoms with Crippen LogP contribution < -0.4 is 10.5 Å². The molecule has 0 bridgehead atoms. The zero-order chi connectivity index (χ0) is 14.9. The molecule has 0 amide bonds. The maximum atomic E-state index is 13.1. The molecule has 0 radical (unpaired) electrons. The van der Waals surface area contributed by atoms with Crippen LogP contribution in [0.3, 0.4) is 0 Å². The van der Waals surface area contributed by atoms with Crippen LogP contribution >= 0.6 is 11.6 Å². The van der Waals surface area contributed by atoms with Gasteiger partial charge in [0.2, 0.25) is 0 Å². The van der Waals surface area contributed by atoms with Gasteiger partial charge in [0.15, 0.2) is 0 Å². The Morgan fingerprint density at radius 3 is 2.30 bits per heavy atom. The predicted molar refractivity (Wildman–Crippen MR) is 73.0 cm³/mol. The molecule has 0 fully saturated rings. The summed E-state index contributed by atoms with van der Waals surface area (Å²) in [5, 5.41) is -0.285. The Balaban J connectivity index is 2.43. The van der Waals surface area contributed by atoms with Crippen LogP contribution in [-0.4, -0.2) is 8.42 Å². The summed E-state index contributed by atoms with van der Waals surface area (Å²) in [6.45, 7) is 0. The molecule has 3 N–H and O–H groups in total. The normalized spacial score (nSPS) is 11.3. The van der Waals surface area contributed by atoms with Gasteiger partial charge >= 0.3 is 0 Å². The minimum Gasteiger partial charge on any atom is -0.397 e. The lowest BCUT2D eigenvalue weighted by atomic mass is 10.3. The predicted octanol–water partition coefficient (Wildman–Crippen LogP) is 3.00. The Labute approximate surface area is 119 Å². The van der Waals surface area contributed by atoms with Crippen molar-refractivity contribution in [2.75, 3.05) is 10.5 Å². The SMILES string of the molecule is Nc1ccc(F)cc1NS(=O)(=O)c1ccc(F)cc1Cl. The van der Waals surface area contributed by atoms with Gasteiger partial charge in [0.05, 0.1) is 16.4 Å². The van der Waals surface area contributed by atoms with Gasteiger partial charge in [-0.2, -0.15) is 0 Å². The van der Waals surface area contributed by atoms with Crippen LogP contribution in [0.2, 0.25) is 5.02 Å². The van der Waals surface area contributed by atoms with Crippen molar-refractivity contribution in [2.45, 2.75) is 4.90 Å². The topological polar surface area (TPSA) is 72.2 Å². The van der Waals surface area contributed by atoms with Crippen molar-refractivity contribution in [1.82, 2.24) is 0 Å². The quantitative estimate of drug-likeness (QED) is 0.854. The van der Waals surface area contributed by atoms with Crippen molar-refractivity contribution in [3.8, 4) is 0 Å². The highest BCUT2D eigenvalue weighted by atomic mass is 35.5. The number of rotatable bonds is 3. The Bertz CT molecular complexity index is 766. The van der Waals surface area contributed by atoms with Gasteiger partial charge in [0.1, 0.15) is 16.5 Å². The molecule has 4 nitrogen and oxygen atoms in total. The summed E-state index contributed by atoms with van der Waals surface area (Å²) >= 11 is 5.69. The number of halogens is 3. The molecule has 20 heavy (non-hydrogen) atoms. The molecule has 0 heterocycles. The molecular weight excluding hydrogens is 310 g/mol. The van der Waals surface area contributed by atoms with Crippen LogP contribution in [0.25, 0.3) is 0 Å². The van der Waals surface area contributed by atoms with E-state index >= 15 is 0 Å². The van der Waals surface area contributed by atoms with Gasteiger partial charge in [-0.3, -0.25) is 4.72 Å². The zero-order valence-corrected chi connectivity index (χ0v) is 11.5. The molecule has 2 aromatic rings. The van der Waals surface area contributed by atoms with Gasteiger partial charge in [-0.1, -0.05) is 11.6 Å². The van der Waals surface area contributed by atoms with Gasteiger partial charge < -0.3 is 5.73 Å². The fourth-order valence-electron chi connectivity index (χ4n) is 1.51. The summed E-state index contributed by atoms with van der Waals surface area (Å²) in [6.07, 6.45) is 0. The lowest BCUT2D eigenvalue weighted by Gasteiger charge is -2.11. The number of nitrogens with two attached hydrogens (primary N) is 1. The van der Waals surface area contributed by atoms with Crippen molar-refractivity contribution in [1.29, 1.82) is 0 Å². The molecular formula is C12H9ClF2N2O2S. The molecule has 0 aliphatic heterocycles. The number of hydrogen-bond acceptors (Lipinski definition) is 3. The lowest BCUT2D eigenvalue weighted by Crippen LogP contribution is -2.15. The van der Waals surface area contributed by atoms with E-state index in [-0.39, 0.29) is 21.3 Å². The van der Waals surface area contributed by atoms with Crippen LogP contribution in [0.15, 0.2) is 41.3 Å². The van der Waals surface area contributed by atoms with Gasteiger partial charge in [-0.25, -0.2) is 17.2 Å². The highest BCUT2D eigenvalue weighted by Gasteiger charge is 2.19. The second-order valence-corrected chi connectivity index (χ2v) is 5.97. The molecule has 0 aliphatic rings. The monoisotopic (exact) mass is 318 g/mol. The van der Waals surface area contributed by atoms with Crippen molar-refractivity contribution >= 4 is 33.0 Å². The van der Waals surface area contributed by atoms with E-state index in [9.17, 15) is 17.2 Å². The molecule has 8 heteroatoms. The fraction of sp³-hybridized carbons (Fsp3) is 0.